The molecule has 0 unspecified atom stereocenters. The number of likely N-dealkylation sites (tertiary alicyclic amines) is 1. The van der Waals surface area contributed by atoms with Crippen molar-refractivity contribution in [1.82, 2.24) is 15.1 Å². The van der Waals surface area contributed by atoms with Crippen molar-refractivity contribution < 1.29 is 14.3 Å². The van der Waals surface area contributed by atoms with Gasteiger partial charge in [0, 0.05) is 19.2 Å². The summed E-state index contributed by atoms with van der Waals surface area (Å²) < 4.78 is 11.2. The summed E-state index contributed by atoms with van der Waals surface area (Å²) in [4.78, 5) is 14.0. The Morgan fingerprint density at radius 2 is 1.92 bits per heavy atom. The van der Waals surface area contributed by atoms with Crippen LogP contribution in [0.5, 0.6) is 5.88 Å². The molecule has 2 fully saturated rings. The third kappa shape index (κ3) is 4.29. The van der Waals surface area contributed by atoms with Crippen LogP contribution < -0.4 is 4.74 Å². The van der Waals surface area contributed by atoms with Crippen LogP contribution in [0.3, 0.4) is 0 Å². The predicted octanol–water partition coefficient (Wildman–Crippen LogP) is 3.40. The fourth-order valence-electron chi connectivity index (χ4n) is 3.62. The number of carbonyl (C=O) groups is 1. The molecule has 1 saturated heterocycles. The molecule has 1 aliphatic carbocycles. The highest BCUT2D eigenvalue weighted by Gasteiger charge is 2.43. The van der Waals surface area contributed by atoms with Gasteiger partial charge < -0.3 is 14.4 Å². The van der Waals surface area contributed by atoms with Gasteiger partial charge in [-0.15, -0.1) is 10.2 Å². The van der Waals surface area contributed by atoms with Gasteiger partial charge in [-0.3, -0.25) is 0 Å². The molecule has 24 heavy (non-hydrogen) atoms. The maximum atomic E-state index is 12.2. The Balaban J connectivity index is 1.45. The molecule has 132 valence electrons. The first-order valence-corrected chi connectivity index (χ1v) is 8.78. The zero-order chi connectivity index (χ0) is 17.3. The summed E-state index contributed by atoms with van der Waals surface area (Å²) in [6.07, 6.45) is 1.96. The first-order valence-electron chi connectivity index (χ1n) is 8.40. The maximum absolute atomic E-state index is 12.2. The van der Waals surface area contributed by atoms with Gasteiger partial charge >= 0.3 is 6.09 Å². The molecule has 3 rings (SSSR count). The van der Waals surface area contributed by atoms with Crippen LogP contribution in [0.2, 0.25) is 5.15 Å². The van der Waals surface area contributed by atoms with Crippen molar-refractivity contribution in [3.05, 3.63) is 17.3 Å². The van der Waals surface area contributed by atoms with E-state index in [2.05, 4.69) is 10.2 Å². The summed E-state index contributed by atoms with van der Waals surface area (Å²) in [7, 11) is 0. The van der Waals surface area contributed by atoms with Crippen LogP contribution in [0.15, 0.2) is 12.1 Å². The second-order valence-electron chi connectivity index (χ2n) is 7.75. The second kappa shape index (κ2) is 6.75. The quantitative estimate of drug-likeness (QED) is 0.833. The Kier molecular flexibility index (Phi) is 4.85. The van der Waals surface area contributed by atoms with Gasteiger partial charge in [0.1, 0.15) is 5.60 Å². The Hall–Kier alpha value is -1.56. The minimum absolute atomic E-state index is 0.193. The van der Waals surface area contributed by atoms with Gasteiger partial charge in [0.05, 0.1) is 6.61 Å². The molecule has 1 amide bonds. The summed E-state index contributed by atoms with van der Waals surface area (Å²) >= 11 is 5.71. The van der Waals surface area contributed by atoms with Crippen molar-refractivity contribution in [2.75, 3.05) is 19.7 Å². The monoisotopic (exact) mass is 353 g/mol. The molecule has 3 atom stereocenters. The number of aromatic nitrogens is 2. The molecule has 0 aromatic carbocycles. The molecule has 1 aromatic heterocycles. The molecule has 0 spiro atoms. The van der Waals surface area contributed by atoms with E-state index in [1.54, 1.807) is 12.1 Å². The Morgan fingerprint density at radius 1 is 1.25 bits per heavy atom. The molecule has 1 aliphatic heterocycles. The number of fused-ring (bicyclic) bond motifs is 1. The molecular formula is C17H24ClN3O3. The molecule has 0 bridgehead atoms. The number of rotatable bonds is 3. The largest absolute Gasteiger partial charge is 0.476 e. The SMILES string of the molecule is CC(C)(C)OC(=O)N1C[C@H]2C[C@H](COc3ccc(Cl)nn3)C[C@H]2C1. The van der Waals surface area contributed by atoms with Gasteiger partial charge in [-0.05, 0) is 57.4 Å². The van der Waals surface area contributed by atoms with Crippen LogP contribution in [-0.4, -0.2) is 46.5 Å². The van der Waals surface area contributed by atoms with Gasteiger partial charge in [-0.1, -0.05) is 11.6 Å². The predicted molar refractivity (Wildman–Crippen MR) is 90.0 cm³/mol. The lowest BCUT2D eigenvalue weighted by molar-refractivity contribution is 0.0276. The standard InChI is InChI=1S/C17H24ClN3O3/c1-17(2,3)24-16(22)21-8-12-6-11(7-13(12)9-21)10-23-15-5-4-14(18)19-20-15/h4-5,11-13H,6-10H2,1-3H3/t11-,12+,13-. The van der Waals surface area contributed by atoms with Gasteiger partial charge in [0.2, 0.25) is 5.88 Å². The average Bonchev–Trinajstić information content (AvgIpc) is 3.03. The zero-order valence-corrected chi connectivity index (χ0v) is 15.1. The van der Waals surface area contributed by atoms with Crippen molar-refractivity contribution in [2.45, 2.75) is 39.2 Å². The first kappa shape index (κ1) is 17.3. The van der Waals surface area contributed by atoms with Crippen molar-refractivity contribution >= 4 is 17.7 Å². The van der Waals surface area contributed by atoms with Gasteiger partial charge in [0.15, 0.2) is 5.15 Å². The smallest absolute Gasteiger partial charge is 0.410 e. The van der Waals surface area contributed by atoms with E-state index in [4.69, 9.17) is 21.1 Å². The fraction of sp³-hybridized carbons (Fsp3) is 0.706. The van der Waals surface area contributed by atoms with Gasteiger partial charge in [-0.25, -0.2) is 4.79 Å². The Bertz CT molecular complexity index is 574. The zero-order valence-electron chi connectivity index (χ0n) is 14.4. The summed E-state index contributed by atoms with van der Waals surface area (Å²) in [6.45, 7) is 7.90. The molecular weight excluding hydrogens is 330 g/mol. The van der Waals surface area contributed by atoms with Crippen molar-refractivity contribution in [2.24, 2.45) is 17.8 Å². The molecule has 0 N–H and O–H groups in total. The first-order chi connectivity index (χ1) is 11.3. The van der Waals surface area contributed by atoms with Crippen LogP contribution in [0.4, 0.5) is 4.79 Å². The van der Waals surface area contributed by atoms with E-state index in [0.29, 0.717) is 35.4 Å². The van der Waals surface area contributed by atoms with Crippen LogP contribution in [0.25, 0.3) is 0 Å². The molecule has 6 nitrogen and oxygen atoms in total. The summed E-state index contributed by atoms with van der Waals surface area (Å²) in [6, 6.07) is 3.40. The Morgan fingerprint density at radius 3 is 2.46 bits per heavy atom. The fourth-order valence-corrected chi connectivity index (χ4v) is 3.72. The van der Waals surface area contributed by atoms with E-state index >= 15 is 0 Å². The lowest BCUT2D eigenvalue weighted by Gasteiger charge is -2.25. The van der Waals surface area contributed by atoms with Crippen LogP contribution in [0.1, 0.15) is 33.6 Å². The minimum Gasteiger partial charge on any atom is -0.476 e. The lowest BCUT2D eigenvalue weighted by atomic mass is 10.0. The highest BCUT2D eigenvalue weighted by molar-refractivity contribution is 6.29. The van der Waals surface area contributed by atoms with Crippen molar-refractivity contribution in [3.8, 4) is 5.88 Å². The molecule has 1 aromatic rings. The molecule has 1 saturated carbocycles. The van der Waals surface area contributed by atoms with E-state index in [1.165, 1.54) is 0 Å². The Labute approximate surface area is 147 Å². The van der Waals surface area contributed by atoms with Crippen LogP contribution >= 0.6 is 11.6 Å². The lowest BCUT2D eigenvalue weighted by Crippen LogP contribution is -2.36. The van der Waals surface area contributed by atoms with Crippen molar-refractivity contribution in [3.63, 3.8) is 0 Å². The highest BCUT2D eigenvalue weighted by atomic mass is 35.5. The molecule has 2 aliphatic rings. The third-order valence-electron chi connectivity index (χ3n) is 4.57. The molecule has 2 heterocycles. The number of halogens is 1. The van der Waals surface area contributed by atoms with Gasteiger partial charge in [0.25, 0.3) is 0 Å². The summed E-state index contributed by atoms with van der Waals surface area (Å²) in [5.41, 5.74) is -0.440. The number of carbonyl (C=O) groups excluding carboxylic acids is 1. The normalized spacial score (nSPS) is 26.3. The van der Waals surface area contributed by atoms with Crippen LogP contribution in [-0.2, 0) is 4.74 Å². The maximum Gasteiger partial charge on any atom is 0.410 e. The van der Waals surface area contributed by atoms with Crippen LogP contribution in [0, 0.1) is 17.8 Å². The number of amides is 1. The van der Waals surface area contributed by atoms with E-state index in [-0.39, 0.29) is 6.09 Å². The number of nitrogens with zero attached hydrogens (tertiary/aromatic N) is 3. The second-order valence-corrected chi connectivity index (χ2v) is 8.14. The number of hydrogen-bond donors (Lipinski definition) is 0. The van der Waals surface area contributed by atoms with E-state index in [9.17, 15) is 4.79 Å². The molecule has 0 radical (unpaired) electrons. The van der Waals surface area contributed by atoms with Gasteiger partial charge in [-0.2, -0.15) is 0 Å². The molecule has 7 heteroatoms. The number of hydrogen-bond acceptors (Lipinski definition) is 5. The summed E-state index contributed by atoms with van der Waals surface area (Å²) in [5, 5.41) is 8.04. The summed E-state index contributed by atoms with van der Waals surface area (Å²) in [5.74, 6) is 2.09. The number of ether oxygens (including phenoxy) is 2. The van der Waals surface area contributed by atoms with Crippen molar-refractivity contribution in [1.29, 1.82) is 0 Å². The third-order valence-corrected chi connectivity index (χ3v) is 4.78. The van der Waals surface area contributed by atoms with E-state index < -0.39 is 5.60 Å². The topological polar surface area (TPSA) is 64.5 Å². The average molecular weight is 354 g/mol. The minimum atomic E-state index is -0.440. The van der Waals surface area contributed by atoms with E-state index in [1.807, 2.05) is 25.7 Å². The highest BCUT2D eigenvalue weighted by Crippen LogP contribution is 2.42. The van der Waals surface area contributed by atoms with E-state index in [0.717, 1.165) is 25.9 Å².